The molecule has 0 saturated heterocycles. The van der Waals surface area contributed by atoms with Crippen molar-refractivity contribution in [3.05, 3.63) is 65.7 Å². The number of hydrogen-bond donors (Lipinski definition) is 1. The van der Waals surface area contributed by atoms with Crippen LogP contribution in [0.1, 0.15) is 11.3 Å². The van der Waals surface area contributed by atoms with Gasteiger partial charge in [-0.05, 0) is 30.3 Å². The second-order valence-electron chi connectivity index (χ2n) is 5.62. The van der Waals surface area contributed by atoms with Gasteiger partial charge in [-0.15, -0.1) is 5.10 Å². The number of rotatable bonds is 3. The predicted octanol–water partition coefficient (Wildman–Crippen LogP) is 2.53. The minimum atomic E-state index is -0.422. The lowest BCUT2D eigenvalue weighted by Gasteiger charge is -2.02. The zero-order valence-corrected chi connectivity index (χ0v) is 13.5. The molecular formula is C18H12FN7. The third-order valence-corrected chi connectivity index (χ3v) is 3.85. The molecule has 0 aliphatic heterocycles. The van der Waals surface area contributed by atoms with Crippen LogP contribution in [-0.2, 0) is 6.54 Å². The first-order valence-corrected chi connectivity index (χ1v) is 7.75. The zero-order chi connectivity index (χ0) is 18.1. The molecule has 0 unspecified atom stereocenters. The first-order valence-electron chi connectivity index (χ1n) is 7.75. The highest BCUT2D eigenvalue weighted by Crippen LogP contribution is 2.24. The number of benzene rings is 1. The van der Waals surface area contributed by atoms with E-state index in [1.807, 2.05) is 6.07 Å². The molecule has 4 aromatic rings. The molecule has 3 heterocycles. The van der Waals surface area contributed by atoms with Gasteiger partial charge in [0.15, 0.2) is 11.3 Å². The summed E-state index contributed by atoms with van der Waals surface area (Å²) in [6.45, 7) is 0.0834. The Morgan fingerprint density at radius 2 is 2.04 bits per heavy atom. The SMILES string of the molecule is N#Cc1cccc(-c2cc3nn(Cc4ncccc4F)nc3c(N)n2)c1. The van der Waals surface area contributed by atoms with E-state index in [0.717, 1.165) is 5.56 Å². The van der Waals surface area contributed by atoms with Crippen LogP contribution in [0.2, 0.25) is 0 Å². The largest absolute Gasteiger partial charge is 0.382 e. The Morgan fingerprint density at radius 1 is 1.15 bits per heavy atom. The highest BCUT2D eigenvalue weighted by atomic mass is 19.1. The molecule has 0 aliphatic carbocycles. The van der Waals surface area contributed by atoms with Crippen LogP contribution in [0.4, 0.5) is 10.2 Å². The predicted molar refractivity (Wildman–Crippen MR) is 93.2 cm³/mol. The number of aromatic nitrogens is 5. The van der Waals surface area contributed by atoms with E-state index < -0.39 is 5.82 Å². The van der Waals surface area contributed by atoms with Gasteiger partial charge in [-0.3, -0.25) is 4.98 Å². The number of fused-ring (bicyclic) bond motifs is 1. The van der Waals surface area contributed by atoms with Crippen LogP contribution in [-0.4, -0.2) is 25.0 Å². The van der Waals surface area contributed by atoms with Crippen LogP contribution in [0, 0.1) is 17.1 Å². The standard InChI is InChI=1S/C18H12FN7/c19-13-5-2-6-22-16(13)10-26-24-15-8-14(23-18(21)17(15)25-26)12-4-1-3-11(7-12)9-20/h1-8H,10H2,(H2,21,23). The Bertz CT molecular complexity index is 1160. The summed E-state index contributed by atoms with van der Waals surface area (Å²) in [5.74, 6) is -0.207. The third kappa shape index (κ3) is 2.82. The van der Waals surface area contributed by atoms with E-state index in [2.05, 4.69) is 26.2 Å². The van der Waals surface area contributed by atoms with Gasteiger partial charge in [0.25, 0.3) is 0 Å². The van der Waals surface area contributed by atoms with Crippen molar-refractivity contribution in [3.63, 3.8) is 0 Å². The number of nitrogens with zero attached hydrogens (tertiary/aromatic N) is 6. The van der Waals surface area contributed by atoms with Gasteiger partial charge >= 0.3 is 0 Å². The molecule has 1 aromatic carbocycles. The number of halogens is 1. The third-order valence-electron chi connectivity index (χ3n) is 3.85. The molecule has 0 atom stereocenters. The second kappa shape index (κ2) is 6.22. The van der Waals surface area contributed by atoms with Crippen LogP contribution in [0.25, 0.3) is 22.3 Å². The maximum absolute atomic E-state index is 13.8. The molecule has 2 N–H and O–H groups in total. The van der Waals surface area contributed by atoms with Crippen molar-refractivity contribution in [3.8, 4) is 17.3 Å². The maximum atomic E-state index is 13.8. The van der Waals surface area contributed by atoms with Crippen LogP contribution in [0.5, 0.6) is 0 Å². The first-order chi connectivity index (χ1) is 12.6. The molecule has 3 aromatic heterocycles. The van der Waals surface area contributed by atoms with Crippen molar-refractivity contribution < 1.29 is 4.39 Å². The van der Waals surface area contributed by atoms with Crippen molar-refractivity contribution in [1.29, 1.82) is 5.26 Å². The molecule has 0 bridgehead atoms. The summed E-state index contributed by atoms with van der Waals surface area (Å²) in [4.78, 5) is 9.68. The Labute approximate surface area is 147 Å². The van der Waals surface area contributed by atoms with Crippen molar-refractivity contribution >= 4 is 16.9 Å². The number of nitriles is 1. The van der Waals surface area contributed by atoms with E-state index in [1.165, 1.54) is 23.1 Å². The van der Waals surface area contributed by atoms with Gasteiger partial charge in [0.1, 0.15) is 17.9 Å². The number of hydrogen-bond acceptors (Lipinski definition) is 6. The molecule has 0 spiro atoms. The maximum Gasteiger partial charge on any atom is 0.155 e. The fourth-order valence-electron chi connectivity index (χ4n) is 2.62. The summed E-state index contributed by atoms with van der Waals surface area (Å²) in [5, 5.41) is 17.7. The van der Waals surface area contributed by atoms with Gasteiger partial charge in [0.2, 0.25) is 0 Å². The molecule has 0 radical (unpaired) electrons. The Balaban J connectivity index is 1.76. The van der Waals surface area contributed by atoms with E-state index in [4.69, 9.17) is 11.0 Å². The summed E-state index contributed by atoms with van der Waals surface area (Å²) >= 11 is 0. The average Bonchev–Trinajstić information content (AvgIpc) is 3.07. The van der Waals surface area contributed by atoms with E-state index in [-0.39, 0.29) is 18.1 Å². The van der Waals surface area contributed by atoms with Crippen molar-refractivity contribution in [2.24, 2.45) is 0 Å². The Kier molecular flexibility index (Phi) is 3.74. The molecule has 26 heavy (non-hydrogen) atoms. The molecule has 7 nitrogen and oxygen atoms in total. The monoisotopic (exact) mass is 345 g/mol. The van der Waals surface area contributed by atoms with E-state index in [1.54, 1.807) is 24.3 Å². The molecule has 0 amide bonds. The lowest BCUT2D eigenvalue weighted by molar-refractivity contribution is 0.540. The number of anilines is 1. The van der Waals surface area contributed by atoms with Gasteiger partial charge in [0, 0.05) is 11.8 Å². The molecule has 8 heteroatoms. The van der Waals surface area contributed by atoms with Gasteiger partial charge in [-0.2, -0.15) is 15.2 Å². The summed E-state index contributed by atoms with van der Waals surface area (Å²) < 4.78 is 13.8. The summed E-state index contributed by atoms with van der Waals surface area (Å²) in [7, 11) is 0. The smallest absolute Gasteiger partial charge is 0.155 e. The van der Waals surface area contributed by atoms with Crippen LogP contribution in [0.3, 0.4) is 0 Å². The quantitative estimate of drug-likeness (QED) is 0.611. The van der Waals surface area contributed by atoms with E-state index in [9.17, 15) is 4.39 Å². The molecule has 4 rings (SSSR count). The lowest BCUT2D eigenvalue weighted by atomic mass is 10.1. The normalized spacial score (nSPS) is 10.8. The highest BCUT2D eigenvalue weighted by Gasteiger charge is 2.13. The second-order valence-corrected chi connectivity index (χ2v) is 5.62. The van der Waals surface area contributed by atoms with E-state index >= 15 is 0 Å². The minimum absolute atomic E-state index is 0.0834. The Hall–Kier alpha value is -3.86. The lowest BCUT2D eigenvalue weighted by Crippen LogP contribution is -2.07. The molecule has 0 aliphatic rings. The minimum Gasteiger partial charge on any atom is -0.382 e. The number of pyridine rings is 2. The zero-order valence-electron chi connectivity index (χ0n) is 13.5. The van der Waals surface area contributed by atoms with Gasteiger partial charge in [-0.1, -0.05) is 12.1 Å². The summed E-state index contributed by atoms with van der Waals surface area (Å²) in [5.41, 5.74) is 9.09. The van der Waals surface area contributed by atoms with Crippen LogP contribution in [0.15, 0.2) is 48.7 Å². The molecule has 0 saturated carbocycles. The summed E-state index contributed by atoms with van der Waals surface area (Å²) in [6, 6.07) is 13.7. The number of nitrogens with two attached hydrogens (primary N) is 1. The fourth-order valence-corrected chi connectivity index (χ4v) is 2.62. The number of nitrogen functional groups attached to an aromatic ring is 1. The van der Waals surface area contributed by atoms with Gasteiger partial charge < -0.3 is 5.73 Å². The van der Waals surface area contributed by atoms with Gasteiger partial charge in [0.05, 0.1) is 23.0 Å². The van der Waals surface area contributed by atoms with Crippen molar-refractivity contribution in [1.82, 2.24) is 25.0 Å². The molecule has 126 valence electrons. The summed E-state index contributed by atoms with van der Waals surface area (Å²) in [6.07, 6.45) is 1.51. The molecule has 0 fully saturated rings. The van der Waals surface area contributed by atoms with E-state index in [0.29, 0.717) is 22.3 Å². The highest BCUT2D eigenvalue weighted by molar-refractivity contribution is 5.87. The first kappa shape index (κ1) is 15.7. The van der Waals surface area contributed by atoms with Crippen molar-refractivity contribution in [2.45, 2.75) is 6.54 Å². The van der Waals surface area contributed by atoms with Crippen LogP contribution < -0.4 is 5.73 Å². The molecular weight excluding hydrogens is 333 g/mol. The average molecular weight is 345 g/mol. The Morgan fingerprint density at radius 3 is 2.85 bits per heavy atom. The van der Waals surface area contributed by atoms with Gasteiger partial charge in [-0.25, -0.2) is 9.37 Å². The fraction of sp³-hybridized carbons (Fsp3) is 0.0556. The van der Waals surface area contributed by atoms with Crippen LogP contribution >= 0.6 is 0 Å². The van der Waals surface area contributed by atoms with Crippen molar-refractivity contribution in [2.75, 3.05) is 5.73 Å². The topological polar surface area (TPSA) is 106 Å².